The smallest absolute Gasteiger partial charge is 0.223 e. The van der Waals surface area contributed by atoms with Crippen LogP contribution in [0.3, 0.4) is 0 Å². The van der Waals surface area contributed by atoms with Crippen LogP contribution < -0.4 is 5.73 Å². The number of carbonyl (C=O) groups is 1. The van der Waals surface area contributed by atoms with Gasteiger partial charge in [-0.05, 0) is 30.7 Å². The number of piperidine rings is 1. The van der Waals surface area contributed by atoms with Crippen LogP contribution in [0, 0.1) is 0 Å². The molecule has 0 aromatic heterocycles. The van der Waals surface area contributed by atoms with E-state index >= 15 is 0 Å². The highest BCUT2D eigenvalue weighted by Gasteiger charge is 2.23. The molecule has 1 aliphatic heterocycles. The standard InChI is InChI=1S/C16H24N2O/c1-2-13(14-6-4-3-5-7-14)12-16(19)18-10-8-15(17)9-11-18/h3-7,13,15H,2,8-12,17H2,1H3. The minimum Gasteiger partial charge on any atom is -0.343 e. The Bertz CT molecular complexity index is 396. The Balaban J connectivity index is 1.93. The lowest BCUT2D eigenvalue weighted by Gasteiger charge is -2.31. The van der Waals surface area contributed by atoms with Crippen LogP contribution in [0.25, 0.3) is 0 Å². The van der Waals surface area contributed by atoms with Crippen LogP contribution in [-0.4, -0.2) is 29.9 Å². The molecule has 1 saturated heterocycles. The number of likely N-dealkylation sites (tertiary alicyclic amines) is 1. The first-order chi connectivity index (χ1) is 9.20. The summed E-state index contributed by atoms with van der Waals surface area (Å²) < 4.78 is 0. The van der Waals surface area contributed by atoms with Crippen LogP contribution >= 0.6 is 0 Å². The predicted molar refractivity (Wildman–Crippen MR) is 77.9 cm³/mol. The quantitative estimate of drug-likeness (QED) is 0.904. The monoisotopic (exact) mass is 260 g/mol. The van der Waals surface area contributed by atoms with E-state index in [2.05, 4.69) is 19.1 Å². The lowest BCUT2D eigenvalue weighted by molar-refractivity contribution is -0.132. The molecule has 1 fully saturated rings. The molecule has 0 bridgehead atoms. The van der Waals surface area contributed by atoms with Crippen molar-refractivity contribution in [3.63, 3.8) is 0 Å². The van der Waals surface area contributed by atoms with Gasteiger partial charge >= 0.3 is 0 Å². The molecule has 1 amide bonds. The molecule has 2 N–H and O–H groups in total. The molecular weight excluding hydrogens is 236 g/mol. The Morgan fingerprint density at radius 1 is 1.32 bits per heavy atom. The second-order valence-electron chi connectivity index (χ2n) is 5.44. The number of nitrogens with two attached hydrogens (primary N) is 1. The molecule has 2 rings (SSSR count). The van der Waals surface area contributed by atoms with Crippen molar-refractivity contribution < 1.29 is 4.79 Å². The third-order valence-electron chi connectivity index (χ3n) is 4.08. The Hall–Kier alpha value is -1.35. The molecule has 0 saturated carbocycles. The average Bonchev–Trinajstić information content (AvgIpc) is 2.46. The average molecular weight is 260 g/mol. The lowest BCUT2D eigenvalue weighted by atomic mass is 9.92. The largest absolute Gasteiger partial charge is 0.343 e. The maximum absolute atomic E-state index is 12.3. The highest BCUT2D eigenvalue weighted by Crippen LogP contribution is 2.24. The molecule has 1 aromatic carbocycles. The van der Waals surface area contributed by atoms with Gasteiger partial charge in [0.05, 0.1) is 0 Å². The van der Waals surface area contributed by atoms with E-state index < -0.39 is 0 Å². The highest BCUT2D eigenvalue weighted by molar-refractivity contribution is 5.77. The summed E-state index contributed by atoms with van der Waals surface area (Å²) in [6, 6.07) is 10.6. The van der Waals surface area contributed by atoms with Crippen molar-refractivity contribution in [1.29, 1.82) is 0 Å². The maximum Gasteiger partial charge on any atom is 0.223 e. The number of benzene rings is 1. The van der Waals surface area contributed by atoms with Crippen LogP contribution in [0.4, 0.5) is 0 Å². The second-order valence-corrected chi connectivity index (χ2v) is 5.44. The van der Waals surface area contributed by atoms with E-state index in [4.69, 9.17) is 5.73 Å². The molecule has 1 atom stereocenters. The summed E-state index contributed by atoms with van der Waals surface area (Å²) in [5.74, 6) is 0.618. The maximum atomic E-state index is 12.3. The first kappa shape index (κ1) is 14.1. The summed E-state index contributed by atoms with van der Waals surface area (Å²) in [6.45, 7) is 3.80. The van der Waals surface area contributed by atoms with E-state index in [-0.39, 0.29) is 11.9 Å². The van der Waals surface area contributed by atoms with Gasteiger partial charge in [-0.2, -0.15) is 0 Å². The van der Waals surface area contributed by atoms with E-state index in [9.17, 15) is 4.79 Å². The van der Waals surface area contributed by atoms with Gasteiger partial charge in [-0.1, -0.05) is 37.3 Å². The van der Waals surface area contributed by atoms with Crippen molar-refractivity contribution in [3.8, 4) is 0 Å². The molecule has 1 aromatic rings. The van der Waals surface area contributed by atoms with Crippen molar-refractivity contribution in [1.82, 2.24) is 4.90 Å². The summed E-state index contributed by atoms with van der Waals surface area (Å²) in [6.07, 6.45) is 3.50. The Morgan fingerprint density at radius 3 is 2.53 bits per heavy atom. The summed E-state index contributed by atoms with van der Waals surface area (Å²) in [5, 5.41) is 0. The third-order valence-corrected chi connectivity index (χ3v) is 4.08. The van der Waals surface area contributed by atoms with Gasteiger partial charge in [0.1, 0.15) is 0 Å². The van der Waals surface area contributed by atoms with E-state index in [1.165, 1.54) is 5.56 Å². The van der Waals surface area contributed by atoms with Crippen LogP contribution in [0.15, 0.2) is 30.3 Å². The lowest BCUT2D eigenvalue weighted by Crippen LogP contribution is -2.43. The number of carbonyl (C=O) groups excluding carboxylic acids is 1. The van der Waals surface area contributed by atoms with Crippen LogP contribution in [0.1, 0.15) is 44.1 Å². The molecule has 1 aliphatic rings. The topological polar surface area (TPSA) is 46.3 Å². The predicted octanol–water partition coefficient (Wildman–Crippen LogP) is 2.52. The fourth-order valence-electron chi connectivity index (χ4n) is 2.71. The fraction of sp³-hybridized carbons (Fsp3) is 0.562. The van der Waals surface area contributed by atoms with Crippen molar-refractivity contribution in [3.05, 3.63) is 35.9 Å². The molecule has 0 radical (unpaired) electrons. The van der Waals surface area contributed by atoms with Gasteiger partial charge in [0.25, 0.3) is 0 Å². The van der Waals surface area contributed by atoms with Gasteiger partial charge in [0.15, 0.2) is 0 Å². The number of nitrogens with zero attached hydrogens (tertiary/aromatic N) is 1. The van der Waals surface area contributed by atoms with E-state index in [0.29, 0.717) is 12.3 Å². The zero-order valence-electron chi connectivity index (χ0n) is 11.7. The van der Waals surface area contributed by atoms with Gasteiger partial charge in [0, 0.05) is 25.6 Å². The number of amides is 1. The van der Waals surface area contributed by atoms with Crippen molar-refractivity contribution in [2.45, 2.75) is 44.6 Å². The summed E-state index contributed by atoms with van der Waals surface area (Å²) in [5.41, 5.74) is 7.15. The Labute approximate surface area is 115 Å². The van der Waals surface area contributed by atoms with E-state index in [0.717, 1.165) is 32.4 Å². The summed E-state index contributed by atoms with van der Waals surface area (Å²) in [4.78, 5) is 14.3. The van der Waals surface area contributed by atoms with Crippen molar-refractivity contribution in [2.24, 2.45) is 5.73 Å². The van der Waals surface area contributed by atoms with Gasteiger partial charge in [-0.15, -0.1) is 0 Å². The molecule has 1 heterocycles. The first-order valence-electron chi connectivity index (χ1n) is 7.29. The summed E-state index contributed by atoms with van der Waals surface area (Å²) >= 11 is 0. The first-order valence-corrected chi connectivity index (χ1v) is 7.29. The third kappa shape index (κ3) is 3.80. The zero-order chi connectivity index (χ0) is 13.7. The van der Waals surface area contributed by atoms with Crippen LogP contribution in [0.2, 0.25) is 0 Å². The Morgan fingerprint density at radius 2 is 1.95 bits per heavy atom. The van der Waals surface area contributed by atoms with Crippen LogP contribution in [0.5, 0.6) is 0 Å². The molecule has 3 heteroatoms. The molecule has 104 valence electrons. The Kier molecular flexibility index (Phi) is 4.97. The molecule has 3 nitrogen and oxygen atoms in total. The minimum atomic E-state index is 0.278. The SMILES string of the molecule is CCC(CC(=O)N1CCC(N)CC1)c1ccccc1. The molecule has 0 spiro atoms. The zero-order valence-corrected chi connectivity index (χ0v) is 11.7. The van der Waals surface area contributed by atoms with E-state index in [1.807, 2.05) is 23.1 Å². The van der Waals surface area contributed by atoms with Crippen molar-refractivity contribution in [2.75, 3.05) is 13.1 Å². The van der Waals surface area contributed by atoms with Crippen LogP contribution in [-0.2, 0) is 4.79 Å². The fourth-order valence-corrected chi connectivity index (χ4v) is 2.71. The number of hydrogen-bond acceptors (Lipinski definition) is 2. The normalized spacial score (nSPS) is 18.3. The molecule has 0 aliphatic carbocycles. The minimum absolute atomic E-state index is 0.278. The van der Waals surface area contributed by atoms with E-state index in [1.54, 1.807) is 0 Å². The molecule has 19 heavy (non-hydrogen) atoms. The van der Waals surface area contributed by atoms with Gasteiger partial charge in [-0.3, -0.25) is 4.79 Å². The molecule has 1 unspecified atom stereocenters. The number of rotatable bonds is 4. The highest BCUT2D eigenvalue weighted by atomic mass is 16.2. The van der Waals surface area contributed by atoms with Gasteiger partial charge < -0.3 is 10.6 Å². The van der Waals surface area contributed by atoms with Gasteiger partial charge in [-0.25, -0.2) is 0 Å². The van der Waals surface area contributed by atoms with Crippen molar-refractivity contribution >= 4 is 5.91 Å². The number of hydrogen-bond donors (Lipinski definition) is 1. The molecular formula is C16H24N2O. The summed E-state index contributed by atoms with van der Waals surface area (Å²) in [7, 11) is 0. The van der Waals surface area contributed by atoms with Gasteiger partial charge in [0.2, 0.25) is 5.91 Å². The second kappa shape index (κ2) is 6.71.